The number of aryl methyl sites for hydroxylation is 1. The fourth-order valence-electron chi connectivity index (χ4n) is 3.55. The Morgan fingerprint density at radius 3 is 3.00 bits per heavy atom. The van der Waals surface area contributed by atoms with E-state index in [1.165, 1.54) is 22.2 Å². The largest absolute Gasteiger partial charge is 0.351 e. The van der Waals surface area contributed by atoms with Crippen molar-refractivity contribution in [2.45, 2.75) is 38.5 Å². The van der Waals surface area contributed by atoms with E-state index in [1.54, 1.807) is 11.3 Å². The maximum absolute atomic E-state index is 12.6. The van der Waals surface area contributed by atoms with Gasteiger partial charge in [0.05, 0.1) is 16.9 Å². The SMILES string of the molecule is C[C@H]1CCc2c(sc3nc(CSCC(=O)NCc4ccccc4)[nH]c(=O)c23)C1. The summed E-state index contributed by atoms with van der Waals surface area (Å²) in [6.45, 7) is 2.79. The third-order valence-corrected chi connectivity index (χ3v) is 7.11. The smallest absolute Gasteiger partial charge is 0.259 e. The average Bonchev–Trinajstić information content (AvgIpc) is 3.05. The summed E-state index contributed by atoms with van der Waals surface area (Å²) in [6.07, 6.45) is 3.15. The molecule has 2 aromatic heterocycles. The molecule has 2 heterocycles. The van der Waals surface area contributed by atoms with Crippen molar-refractivity contribution in [3.63, 3.8) is 0 Å². The van der Waals surface area contributed by atoms with Gasteiger partial charge in [0.2, 0.25) is 5.91 Å². The first kappa shape index (κ1) is 19.2. The number of carbonyl (C=O) groups is 1. The summed E-state index contributed by atoms with van der Waals surface area (Å²) in [5, 5.41) is 3.69. The number of hydrogen-bond donors (Lipinski definition) is 2. The standard InChI is InChI=1S/C21H23N3O2S2/c1-13-7-8-15-16(9-13)28-21-19(15)20(26)23-17(24-21)11-27-12-18(25)22-10-14-5-3-2-4-6-14/h2-6,13H,7-12H2,1H3,(H,22,25)(H,23,24,26)/t13-/m0/s1. The number of fused-ring (bicyclic) bond motifs is 3. The second-order valence-corrected chi connectivity index (χ2v) is 9.37. The number of thioether (sulfide) groups is 1. The van der Waals surface area contributed by atoms with Gasteiger partial charge >= 0.3 is 0 Å². The Hall–Kier alpha value is -2.12. The van der Waals surface area contributed by atoms with Crippen LogP contribution >= 0.6 is 23.1 Å². The van der Waals surface area contributed by atoms with E-state index in [1.807, 2.05) is 30.3 Å². The highest BCUT2D eigenvalue weighted by Gasteiger charge is 2.23. The van der Waals surface area contributed by atoms with Gasteiger partial charge < -0.3 is 10.3 Å². The first-order valence-corrected chi connectivity index (χ1v) is 11.5. The van der Waals surface area contributed by atoms with E-state index in [0.29, 0.717) is 29.8 Å². The summed E-state index contributed by atoms with van der Waals surface area (Å²) in [7, 11) is 0. The lowest BCUT2D eigenvalue weighted by atomic mass is 9.89. The summed E-state index contributed by atoms with van der Waals surface area (Å²) in [5.41, 5.74) is 2.24. The highest BCUT2D eigenvalue weighted by Crippen LogP contribution is 2.35. The number of thiophene rings is 1. The molecule has 0 saturated heterocycles. The molecule has 1 aromatic carbocycles. The molecular weight excluding hydrogens is 390 g/mol. The minimum Gasteiger partial charge on any atom is -0.351 e. The second kappa shape index (κ2) is 8.49. The quantitative estimate of drug-likeness (QED) is 0.647. The number of benzene rings is 1. The molecule has 4 rings (SSSR count). The van der Waals surface area contributed by atoms with Crippen molar-refractivity contribution >= 4 is 39.2 Å². The number of rotatable bonds is 6. The zero-order valence-corrected chi connectivity index (χ0v) is 17.4. The predicted octanol–water partition coefficient (Wildman–Crippen LogP) is 3.66. The van der Waals surface area contributed by atoms with Crippen LogP contribution in [0, 0.1) is 5.92 Å². The zero-order chi connectivity index (χ0) is 19.5. The molecule has 2 N–H and O–H groups in total. The van der Waals surface area contributed by atoms with Gasteiger partial charge in [0.1, 0.15) is 10.7 Å². The van der Waals surface area contributed by atoms with E-state index in [4.69, 9.17) is 0 Å². The first-order valence-electron chi connectivity index (χ1n) is 9.52. The molecule has 28 heavy (non-hydrogen) atoms. The molecule has 1 atom stereocenters. The van der Waals surface area contributed by atoms with E-state index < -0.39 is 0 Å². The van der Waals surface area contributed by atoms with Crippen molar-refractivity contribution in [1.29, 1.82) is 0 Å². The monoisotopic (exact) mass is 413 g/mol. The number of nitrogens with zero attached hydrogens (tertiary/aromatic N) is 1. The van der Waals surface area contributed by atoms with E-state index in [2.05, 4.69) is 22.2 Å². The predicted molar refractivity (Wildman–Crippen MR) is 116 cm³/mol. The molecular formula is C21H23N3O2S2. The number of aromatic nitrogens is 2. The summed E-state index contributed by atoms with van der Waals surface area (Å²) >= 11 is 3.12. The highest BCUT2D eigenvalue weighted by molar-refractivity contribution is 7.99. The van der Waals surface area contributed by atoms with Gasteiger partial charge in [-0.15, -0.1) is 23.1 Å². The first-order chi connectivity index (χ1) is 13.6. The second-order valence-electron chi connectivity index (χ2n) is 7.30. The van der Waals surface area contributed by atoms with Gasteiger partial charge in [0.25, 0.3) is 5.56 Å². The van der Waals surface area contributed by atoms with Crippen LogP contribution in [0.25, 0.3) is 10.2 Å². The lowest BCUT2D eigenvalue weighted by Crippen LogP contribution is -2.24. The molecule has 7 heteroatoms. The van der Waals surface area contributed by atoms with Crippen LogP contribution in [0.4, 0.5) is 0 Å². The highest BCUT2D eigenvalue weighted by atomic mass is 32.2. The lowest BCUT2D eigenvalue weighted by Gasteiger charge is -2.17. The molecule has 0 saturated carbocycles. The van der Waals surface area contributed by atoms with Crippen LogP contribution in [-0.2, 0) is 29.9 Å². The summed E-state index contributed by atoms with van der Waals surface area (Å²) in [6, 6.07) is 9.84. The number of hydrogen-bond acceptors (Lipinski definition) is 5. The number of carbonyl (C=O) groups excluding carboxylic acids is 1. The third kappa shape index (κ3) is 4.31. The van der Waals surface area contributed by atoms with Crippen LogP contribution in [0.3, 0.4) is 0 Å². The third-order valence-electron chi connectivity index (χ3n) is 5.02. The van der Waals surface area contributed by atoms with Crippen molar-refractivity contribution < 1.29 is 4.79 Å². The number of H-pyrrole nitrogens is 1. The fourth-order valence-corrected chi connectivity index (χ4v) is 5.67. The molecule has 0 aliphatic heterocycles. The van der Waals surface area contributed by atoms with Gasteiger partial charge in [0.15, 0.2) is 0 Å². The molecule has 0 spiro atoms. The van der Waals surface area contributed by atoms with Crippen LogP contribution < -0.4 is 10.9 Å². The molecule has 0 unspecified atom stereocenters. The van der Waals surface area contributed by atoms with Crippen LogP contribution in [0.2, 0.25) is 0 Å². The molecule has 0 radical (unpaired) electrons. The maximum atomic E-state index is 12.6. The molecule has 0 bridgehead atoms. The molecule has 1 aliphatic carbocycles. The summed E-state index contributed by atoms with van der Waals surface area (Å²) < 4.78 is 0. The normalized spacial score (nSPS) is 16.1. The van der Waals surface area contributed by atoms with Crippen molar-refractivity contribution in [2.75, 3.05) is 5.75 Å². The Morgan fingerprint density at radius 2 is 2.18 bits per heavy atom. The minimum atomic E-state index is -0.0406. The van der Waals surface area contributed by atoms with Gasteiger partial charge in [-0.05, 0) is 36.3 Å². The molecule has 1 aliphatic rings. The Morgan fingerprint density at radius 1 is 1.36 bits per heavy atom. The molecule has 0 fully saturated rings. The van der Waals surface area contributed by atoms with Gasteiger partial charge in [0, 0.05) is 11.4 Å². The van der Waals surface area contributed by atoms with Gasteiger partial charge in [-0.3, -0.25) is 9.59 Å². The minimum absolute atomic E-state index is 0.0159. The zero-order valence-electron chi connectivity index (χ0n) is 15.8. The van der Waals surface area contributed by atoms with Crippen molar-refractivity contribution in [3.8, 4) is 0 Å². The number of aromatic amines is 1. The Labute approximate surface area is 172 Å². The van der Waals surface area contributed by atoms with E-state index in [0.717, 1.165) is 35.0 Å². The average molecular weight is 414 g/mol. The van der Waals surface area contributed by atoms with E-state index >= 15 is 0 Å². The van der Waals surface area contributed by atoms with E-state index in [9.17, 15) is 9.59 Å². The van der Waals surface area contributed by atoms with Gasteiger partial charge in [-0.25, -0.2) is 4.98 Å². The van der Waals surface area contributed by atoms with Crippen LogP contribution in [0.1, 0.15) is 35.2 Å². The van der Waals surface area contributed by atoms with Crippen molar-refractivity contribution in [1.82, 2.24) is 15.3 Å². The number of nitrogens with one attached hydrogen (secondary N) is 2. The summed E-state index contributed by atoms with van der Waals surface area (Å²) in [5.74, 6) is 2.16. The van der Waals surface area contributed by atoms with Gasteiger partial charge in [-0.2, -0.15) is 0 Å². The fraction of sp³-hybridized carbons (Fsp3) is 0.381. The topological polar surface area (TPSA) is 74.8 Å². The van der Waals surface area contributed by atoms with Gasteiger partial charge in [-0.1, -0.05) is 37.3 Å². The lowest BCUT2D eigenvalue weighted by molar-refractivity contribution is -0.118. The number of amides is 1. The molecule has 1 amide bonds. The van der Waals surface area contributed by atoms with Crippen molar-refractivity contribution in [2.24, 2.45) is 5.92 Å². The summed E-state index contributed by atoms with van der Waals surface area (Å²) in [4.78, 5) is 34.4. The van der Waals surface area contributed by atoms with Crippen LogP contribution in [-0.4, -0.2) is 21.6 Å². The molecule has 5 nitrogen and oxygen atoms in total. The van der Waals surface area contributed by atoms with Crippen molar-refractivity contribution in [3.05, 3.63) is 62.5 Å². The Kier molecular flexibility index (Phi) is 5.82. The van der Waals surface area contributed by atoms with Crippen LogP contribution in [0.15, 0.2) is 35.1 Å². The molecule has 146 valence electrons. The Balaban J connectivity index is 1.36. The van der Waals surface area contributed by atoms with Crippen LogP contribution in [0.5, 0.6) is 0 Å². The molecule has 3 aromatic rings. The van der Waals surface area contributed by atoms with E-state index in [-0.39, 0.29) is 11.5 Å². The maximum Gasteiger partial charge on any atom is 0.259 e. The Bertz CT molecular complexity index is 1040.